The minimum Gasteiger partial charge on any atom is -0.486 e. The van der Waals surface area contributed by atoms with Gasteiger partial charge in [0.1, 0.15) is 18.8 Å². The number of hydrogen-bond donors (Lipinski definition) is 0. The summed E-state index contributed by atoms with van der Waals surface area (Å²) in [6, 6.07) is 9.41. The number of hydrogen-bond acceptors (Lipinski definition) is 7. The van der Waals surface area contributed by atoms with Gasteiger partial charge in [0.2, 0.25) is 5.78 Å². The second-order valence-electron chi connectivity index (χ2n) is 8.01. The van der Waals surface area contributed by atoms with Gasteiger partial charge in [0.15, 0.2) is 17.6 Å². The number of ketones is 1. The molecule has 2 aromatic rings. The van der Waals surface area contributed by atoms with Gasteiger partial charge in [-0.2, -0.15) is 0 Å². The van der Waals surface area contributed by atoms with Crippen LogP contribution in [0.4, 0.5) is 5.69 Å². The molecule has 2 aromatic carbocycles. The summed E-state index contributed by atoms with van der Waals surface area (Å²) in [4.78, 5) is 36.0. The summed E-state index contributed by atoms with van der Waals surface area (Å²) in [7, 11) is 0. The van der Waals surface area contributed by atoms with Crippen molar-refractivity contribution in [2.75, 3.05) is 13.2 Å². The third-order valence-corrected chi connectivity index (χ3v) is 4.77. The molecule has 0 saturated heterocycles. The van der Waals surface area contributed by atoms with Gasteiger partial charge in [-0.1, -0.05) is 45.0 Å². The summed E-state index contributed by atoms with van der Waals surface area (Å²) in [5, 5.41) is 11.4. The van der Waals surface area contributed by atoms with E-state index in [9.17, 15) is 19.7 Å². The van der Waals surface area contributed by atoms with Crippen LogP contribution in [0.2, 0.25) is 0 Å². The molecule has 1 aliphatic rings. The zero-order chi connectivity index (χ0) is 22.1. The first-order chi connectivity index (χ1) is 14.1. The lowest BCUT2D eigenvalue weighted by Gasteiger charge is -2.20. The van der Waals surface area contributed by atoms with Crippen LogP contribution in [0.25, 0.3) is 0 Å². The van der Waals surface area contributed by atoms with E-state index in [0.29, 0.717) is 5.56 Å². The van der Waals surface area contributed by atoms with Crippen LogP contribution in [0.15, 0.2) is 36.4 Å². The van der Waals surface area contributed by atoms with Crippen LogP contribution in [-0.4, -0.2) is 36.0 Å². The van der Waals surface area contributed by atoms with Crippen LogP contribution in [0.1, 0.15) is 54.0 Å². The van der Waals surface area contributed by atoms with Crippen molar-refractivity contribution >= 4 is 17.4 Å². The Bertz CT molecular complexity index is 990. The summed E-state index contributed by atoms with van der Waals surface area (Å²) >= 11 is 0. The number of benzene rings is 2. The Morgan fingerprint density at radius 3 is 2.17 bits per heavy atom. The minimum atomic E-state index is -1.12. The minimum absolute atomic E-state index is 0.0587. The maximum absolute atomic E-state index is 12.7. The summed E-state index contributed by atoms with van der Waals surface area (Å²) < 4.78 is 16.0. The van der Waals surface area contributed by atoms with Crippen LogP contribution in [-0.2, 0) is 10.2 Å². The number of nitro benzene ring substituents is 1. The number of carbonyl (C=O) groups is 2. The predicted octanol–water partition coefficient (Wildman–Crippen LogP) is 4.09. The third-order valence-electron chi connectivity index (χ3n) is 4.77. The van der Waals surface area contributed by atoms with E-state index >= 15 is 0 Å². The fraction of sp³-hybridized carbons (Fsp3) is 0.364. The molecule has 1 atom stereocenters. The zero-order valence-electron chi connectivity index (χ0n) is 17.3. The van der Waals surface area contributed by atoms with E-state index in [-0.39, 0.29) is 35.7 Å². The Kier molecular flexibility index (Phi) is 5.78. The molecule has 3 rings (SSSR count). The van der Waals surface area contributed by atoms with E-state index in [1.54, 1.807) is 12.1 Å². The van der Waals surface area contributed by atoms with Gasteiger partial charge in [0.05, 0.1) is 11.0 Å². The average Bonchev–Trinajstić information content (AvgIpc) is 2.71. The molecule has 0 unspecified atom stereocenters. The molecule has 0 amide bonds. The molecule has 0 fully saturated rings. The number of carbonyl (C=O) groups excluding carboxylic acids is 2. The molecular formula is C22H23NO7. The lowest BCUT2D eigenvalue weighted by Crippen LogP contribution is -2.25. The van der Waals surface area contributed by atoms with Crippen molar-refractivity contribution < 1.29 is 28.7 Å². The average molecular weight is 413 g/mol. The van der Waals surface area contributed by atoms with Crippen molar-refractivity contribution in [3.8, 4) is 11.5 Å². The second-order valence-corrected chi connectivity index (χ2v) is 8.01. The van der Waals surface area contributed by atoms with E-state index in [2.05, 4.69) is 20.8 Å². The van der Waals surface area contributed by atoms with Gasteiger partial charge in [-0.25, -0.2) is 4.79 Å². The Balaban J connectivity index is 1.80. The second kappa shape index (κ2) is 8.14. The lowest BCUT2D eigenvalue weighted by molar-refractivity contribution is -0.385. The highest BCUT2D eigenvalue weighted by Crippen LogP contribution is 2.37. The van der Waals surface area contributed by atoms with E-state index < -0.39 is 28.5 Å². The summed E-state index contributed by atoms with van der Waals surface area (Å²) in [6.45, 7) is 8.14. The van der Waals surface area contributed by atoms with E-state index in [0.717, 1.165) is 11.6 Å². The van der Waals surface area contributed by atoms with Gasteiger partial charge < -0.3 is 14.2 Å². The molecule has 0 bridgehead atoms. The van der Waals surface area contributed by atoms with Crippen molar-refractivity contribution in [2.45, 2.75) is 39.2 Å². The van der Waals surface area contributed by atoms with Crippen LogP contribution < -0.4 is 9.47 Å². The van der Waals surface area contributed by atoms with Gasteiger partial charge in [-0.3, -0.25) is 14.9 Å². The first-order valence-corrected chi connectivity index (χ1v) is 9.51. The molecule has 0 saturated carbocycles. The highest BCUT2D eigenvalue weighted by molar-refractivity contribution is 6.02. The van der Waals surface area contributed by atoms with Crippen LogP contribution in [0, 0.1) is 10.1 Å². The molecule has 0 radical (unpaired) electrons. The van der Waals surface area contributed by atoms with Crippen LogP contribution in [0.3, 0.4) is 0 Å². The maximum atomic E-state index is 12.7. The molecule has 158 valence electrons. The van der Waals surface area contributed by atoms with Gasteiger partial charge in [-0.05, 0) is 17.9 Å². The number of Topliss-reactive ketones (excluding diaryl/α,β-unsaturated/α-hetero) is 1. The molecule has 1 heterocycles. The Hall–Kier alpha value is -3.42. The van der Waals surface area contributed by atoms with Gasteiger partial charge in [0, 0.05) is 11.6 Å². The number of nitro groups is 1. The Morgan fingerprint density at radius 1 is 1.07 bits per heavy atom. The summed E-state index contributed by atoms with van der Waals surface area (Å²) in [5.74, 6) is -0.974. The van der Waals surface area contributed by atoms with Gasteiger partial charge >= 0.3 is 5.97 Å². The first kappa shape index (κ1) is 21.3. The number of esters is 1. The highest BCUT2D eigenvalue weighted by Gasteiger charge is 2.30. The van der Waals surface area contributed by atoms with Crippen molar-refractivity contribution in [3.05, 3.63) is 63.2 Å². The molecule has 8 nitrogen and oxygen atoms in total. The van der Waals surface area contributed by atoms with Crippen molar-refractivity contribution in [1.82, 2.24) is 0 Å². The lowest BCUT2D eigenvalue weighted by atomic mass is 9.86. The number of rotatable bonds is 5. The Labute approximate surface area is 173 Å². The first-order valence-electron chi connectivity index (χ1n) is 9.51. The SMILES string of the molecule is C[C@H](OC(=O)c1cc2c(cc1[N+](=O)[O-])OCCO2)C(=O)c1ccc(C(C)(C)C)cc1. The van der Waals surface area contributed by atoms with Gasteiger partial charge in [0.25, 0.3) is 5.69 Å². The third kappa shape index (κ3) is 4.42. The van der Waals surface area contributed by atoms with Crippen LogP contribution >= 0.6 is 0 Å². The molecule has 30 heavy (non-hydrogen) atoms. The molecule has 0 aliphatic carbocycles. The van der Waals surface area contributed by atoms with E-state index in [1.165, 1.54) is 13.0 Å². The molecule has 0 spiro atoms. The summed E-state index contributed by atoms with van der Waals surface area (Å²) in [5.41, 5.74) is 0.623. The van der Waals surface area contributed by atoms with Crippen molar-refractivity contribution in [3.63, 3.8) is 0 Å². The van der Waals surface area contributed by atoms with Gasteiger partial charge in [-0.15, -0.1) is 0 Å². The zero-order valence-corrected chi connectivity index (χ0v) is 17.3. The standard InChI is InChI=1S/C22H23NO7/c1-13(20(24)14-5-7-15(8-6-14)22(2,3)4)30-21(25)16-11-18-19(29-10-9-28-18)12-17(16)23(26)27/h5-8,11-13H,9-10H2,1-4H3/t13-/m0/s1. The molecule has 1 aliphatic heterocycles. The van der Waals surface area contributed by atoms with E-state index in [1.807, 2.05) is 12.1 Å². The smallest absolute Gasteiger partial charge is 0.346 e. The van der Waals surface area contributed by atoms with Crippen molar-refractivity contribution in [2.24, 2.45) is 0 Å². The molecule has 0 aromatic heterocycles. The number of fused-ring (bicyclic) bond motifs is 1. The monoisotopic (exact) mass is 413 g/mol. The normalized spacial score (nSPS) is 14.0. The van der Waals surface area contributed by atoms with E-state index in [4.69, 9.17) is 14.2 Å². The predicted molar refractivity (Wildman–Crippen MR) is 108 cm³/mol. The van der Waals surface area contributed by atoms with Crippen LogP contribution in [0.5, 0.6) is 11.5 Å². The maximum Gasteiger partial charge on any atom is 0.346 e. The summed E-state index contributed by atoms with van der Waals surface area (Å²) in [6.07, 6.45) is -1.12. The number of ether oxygens (including phenoxy) is 3. The topological polar surface area (TPSA) is 105 Å². The quantitative estimate of drug-likeness (QED) is 0.315. The number of nitrogens with zero attached hydrogens (tertiary/aromatic N) is 1. The largest absolute Gasteiger partial charge is 0.486 e. The molecule has 8 heteroatoms. The molecular weight excluding hydrogens is 390 g/mol. The fourth-order valence-corrected chi connectivity index (χ4v) is 3.04. The van der Waals surface area contributed by atoms with Crippen molar-refractivity contribution in [1.29, 1.82) is 0 Å². The molecule has 0 N–H and O–H groups in total. The fourth-order valence-electron chi connectivity index (χ4n) is 3.04. The highest BCUT2D eigenvalue weighted by atomic mass is 16.6. The Morgan fingerprint density at radius 2 is 1.63 bits per heavy atom.